The highest BCUT2D eigenvalue weighted by Gasteiger charge is 2.38. The SMILES string of the molecule is Cc1ccc(N(C)C(=O)C2NCCCC2(C)C)cc1. The summed E-state index contributed by atoms with van der Waals surface area (Å²) in [5.41, 5.74) is 2.19. The Labute approximate surface area is 116 Å². The van der Waals surface area contributed by atoms with Gasteiger partial charge in [0.1, 0.15) is 0 Å². The van der Waals surface area contributed by atoms with Crippen LogP contribution < -0.4 is 10.2 Å². The molecule has 1 atom stereocenters. The number of hydrogen-bond donors (Lipinski definition) is 1. The van der Waals surface area contributed by atoms with Crippen LogP contribution in [0.15, 0.2) is 24.3 Å². The summed E-state index contributed by atoms with van der Waals surface area (Å²) < 4.78 is 0. The number of anilines is 1. The largest absolute Gasteiger partial charge is 0.314 e. The van der Waals surface area contributed by atoms with E-state index in [-0.39, 0.29) is 17.4 Å². The maximum atomic E-state index is 12.7. The Morgan fingerprint density at radius 3 is 2.53 bits per heavy atom. The normalized spacial score (nSPS) is 22.0. The topological polar surface area (TPSA) is 32.3 Å². The number of nitrogens with one attached hydrogen (secondary N) is 1. The third-order valence-electron chi connectivity index (χ3n) is 4.13. The van der Waals surface area contributed by atoms with Crippen molar-refractivity contribution in [2.45, 2.75) is 39.7 Å². The third kappa shape index (κ3) is 2.98. The second-order valence-electron chi connectivity index (χ2n) is 6.21. The number of likely N-dealkylation sites (N-methyl/N-ethyl adjacent to an activating group) is 1. The van der Waals surface area contributed by atoms with Crippen molar-refractivity contribution in [3.63, 3.8) is 0 Å². The van der Waals surface area contributed by atoms with Crippen LogP contribution in [-0.2, 0) is 4.79 Å². The van der Waals surface area contributed by atoms with E-state index in [9.17, 15) is 4.79 Å². The molecule has 1 unspecified atom stereocenters. The molecule has 1 fully saturated rings. The zero-order valence-electron chi connectivity index (χ0n) is 12.4. The Kier molecular flexibility index (Phi) is 3.95. The summed E-state index contributed by atoms with van der Waals surface area (Å²) in [6.45, 7) is 7.33. The van der Waals surface area contributed by atoms with Gasteiger partial charge in [-0.3, -0.25) is 4.79 Å². The molecule has 1 saturated heterocycles. The summed E-state index contributed by atoms with van der Waals surface area (Å²) in [4.78, 5) is 14.4. The molecule has 1 aromatic rings. The Hall–Kier alpha value is -1.35. The molecule has 3 heteroatoms. The Morgan fingerprint density at radius 1 is 1.32 bits per heavy atom. The molecule has 0 spiro atoms. The fourth-order valence-corrected chi connectivity index (χ4v) is 2.72. The van der Waals surface area contributed by atoms with E-state index < -0.39 is 0 Å². The van der Waals surface area contributed by atoms with Gasteiger partial charge in [-0.05, 0) is 43.9 Å². The van der Waals surface area contributed by atoms with E-state index in [0.29, 0.717) is 0 Å². The van der Waals surface area contributed by atoms with Gasteiger partial charge < -0.3 is 10.2 Å². The lowest BCUT2D eigenvalue weighted by atomic mass is 9.77. The number of rotatable bonds is 2. The third-order valence-corrected chi connectivity index (χ3v) is 4.13. The highest BCUT2D eigenvalue weighted by atomic mass is 16.2. The predicted molar refractivity (Wildman–Crippen MR) is 79.4 cm³/mol. The van der Waals surface area contributed by atoms with Crippen LogP contribution in [0.4, 0.5) is 5.69 Å². The second kappa shape index (κ2) is 5.33. The standard InChI is InChI=1S/C16H24N2O/c1-12-6-8-13(9-7-12)18(4)15(19)14-16(2,3)10-5-11-17-14/h6-9,14,17H,5,10-11H2,1-4H3. The molecule has 0 radical (unpaired) electrons. The predicted octanol–water partition coefficient (Wildman–Crippen LogP) is 2.74. The maximum absolute atomic E-state index is 12.7. The fourth-order valence-electron chi connectivity index (χ4n) is 2.72. The average Bonchev–Trinajstić information content (AvgIpc) is 2.37. The molecule has 0 aromatic heterocycles. The first kappa shape index (κ1) is 14.1. The quantitative estimate of drug-likeness (QED) is 0.886. The minimum atomic E-state index is -0.0902. The molecule has 19 heavy (non-hydrogen) atoms. The van der Waals surface area contributed by atoms with Crippen molar-refractivity contribution in [3.05, 3.63) is 29.8 Å². The number of nitrogens with zero attached hydrogens (tertiary/aromatic N) is 1. The molecule has 1 aliphatic heterocycles. The van der Waals surface area contributed by atoms with E-state index in [1.807, 2.05) is 31.3 Å². The van der Waals surface area contributed by atoms with Gasteiger partial charge in [0.25, 0.3) is 0 Å². The molecular formula is C16H24N2O. The van der Waals surface area contributed by atoms with Crippen LogP contribution >= 0.6 is 0 Å². The average molecular weight is 260 g/mol. The molecule has 1 amide bonds. The number of carbonyl (C=O) groups is 1. The Balaban J connectivity index is 2.16. The van der Waals surface area contributed by atoms with Gasteiger partial charge in [0.2, 0.25) is 5.91 Å². The van der Waals surface area contributed by atoms with Gasteiger partial charge in [-0.15, -0.1) is 0 Å². The highest BCUT2D eigenvalue weighted by molar-refractivity contribution is 5.97. The summed E-state index contributed by atoms with van der Waals surface area (Å²) in [6.07, 6.45) is 2.24. The first-order valence-corrected chi connectivity index (χ1v) is 6.99. The lowest BCUT2D eigenvalue weighted by Gasteiger charge is -2.40. The number of amides is 1. The summed E-state index contributed by atoms with van der Waals surface area (Å²) in [5.74, 6) is 0.161. The summed E-state index contributed by atoms with van der Waals surface area (Å²) in [6, 6.07) is 8.00. The van der Waals surface area contributed by atoms with Gasteiger partial charge in [-0.1, -0.05) is 31.5 Å². The molecule has 1 N–H and O–H groups in total. The van der Waals surface area contributed by atoms with Crippen LogP contribution in [0, 0.1) is 12.3 Å². The molecule has 1 aliphatic rings. The number of aryl methyl sites for hydroxylation is 1. The van der Waals surface area contributed by atoms with Crippen LogP contribution in [0.1, 0.15) is 32.3 Å². The molecule has 1 aromatic carbocycles. The molecule has 1 heterocycles. The van der Waals surface area contributed by atoms with Gasteiger partial charge in [-0.25, -0.2) is 0 Å². The number of hydrogen-bond acceptors (Lipinski definition) is 2. The maximum Gasteiger partial charge on any atom is 0.244 e. The second-order valence-corrected chi connectivity index (χ2v) is 6.21. The fraction of sp³-hybridized carbons (Fsp3) is 0.562. The summed E-state index contributed by atoms with van der Waals surface area (Å²) >= 11 is 0. The van der Waals surface area contributed by atoms with Gasteiger partial charge in [0, 0.05) is 12.7 Å². The Bertz CT molecular complexity index is 450. The van der Waals surface area contributed by atoms with Gasteiger partial charge >= 0.3 is 0 Å². The van der Waals surface area contributed by atoms with Crippen molar-refractivity contribution < 1.29 is 4.79 Å². The summed E-state index contributed by atoms with van der Waals surface area (Å²) in [7, 11) is 1.86. The van der Waals surface area contributed by atoms with E-state index in [1.54, 1.807) is 4.90 Å². The molecule has 2 rings (SSSR count). The van der Waals surface area contributed by atoms with Gasteiger partial charge in [-0.2, -0.15) is 0 Å². The van der Waals surface area contributed by atoms with Gasteiger partial charge in [0.15, 0.2) is 0 Å². The minimum Gasteiger partial charge on any atom is -0.314 e. The van der Waals surface area contributed by atoms with Crippen LogP contribution in [-0.4, -0.2) is 25.5 Å². The monoisotopic (exact) mass is 260 g/mol. The number of benzene rings is 1. The summed E-state index contributed by atoms with van der Waals surface area (Å²) in [5, 5.41) is 3.38. The smallest absolute Gasteiger partial charge is 0.244 e. The molecule has 0 aliphatic carbocycles. The van der Waals surface area contributed by atoms with E-state index >= 15 is 0 Å². The molecule has 0 bridgehead atoms. The van der Waals surface area contributed by atoms with Crippen LogP contribution in [0.25, 0.3) is 0 Å². The Morgan fingerprint density at radius 2 is 1.95 bits per heavy atom. The van der Waals surface area contributed by atoms with Crippen molar-refractivity contribution >= 4 is 11.6 Å². The first-order valence-electron chi connectivity index (χ1n) is 6.99. The number of piperidine rings is 1. The van der Waals surface area contributed by atoms with Crippen molar-refractivity contribution in [3.8, 4) is 0 Å². The lowest BCUT2D eigenvalue weighted by molar-refractivity contribution is -0.123. The first-order chi connectivity index (χ1) is 8.92. The van der Waals surface area contributed by atoms with Crippen molar-refractivity contribution in [2.75, 3.05) is 18.5 Å². The highest BCUT2D eigenvalue weighted by Crippen LogP contribution is 2.31. The van der Waals surface area contributed by atoms with Crippen molar-refractivity contribution in [1.82, 2.24) is 5.32 Å². The zero-order chi connectivity index (χ0) is 14.0. The molecule has 3 nitrogen and oxygen atoms in total. The molecule has 104 valence electrons. The van der Waals surface area contributed by atoms with Crippen molar-refractivity contribution in [2.24, 2.45) is 5.41 Å². The van der Waals surface area contributed by atoms with E-state index in [0.717, 1.165) is 25.1 Å². The minimum absolute atomic E-state index is 0.0221. The van der Waals surface area contributed by atoms with E-state index in [1.165, 1.54) is 5.56 Å². The lowest BCUT2D eigenvalue weighted by Crippen LogP contribution is -2.56. The van der Waals surface area contributed by atoms with E-state index in [2.05, 4.69) is 26.1 Å². The number of carbonyl (C=O) groups excluding carboxylic acids is 1. The zero-order valence-corrected chi connectivity index (χ0v) is 12.4. The molecule has 0 saturated carbocycles. The van der Waals surface area contributed by atoms with Crippen LogP contribution in [0.2, 0.25) is 0 Å². The van der Waals surface area contributed by atoms with Gasteiger partial charge in [0.05, 0.1) is 6.04 Å². The van der Waals surface area contributed by atoms with E-state index in [4.69, 9.17) is 0 Å². The van der Waals surface area contributed by atoms with Crippen LogP contribution in [0.3, 0.4) is 0 Å². The van der Waals surface area contributed by atoms with Crippen LogP contribution in [0.5, 0.6) is 0 Å². The molecular weight excluding hydrogens is 236 g/mol. The van der Waals surface area contributed by atoms with Crippen molar-refractivity contribution in [1.29, 1.82) is 0 Å².